The number of hydrogen-bond acceptors (Lipinski definition) is 8. The molecule has 0 saturated heterocycles. The Bertz CT molecular complexity index is 1140. The molecule has 0 bridgehead atoms. The van der Waals surface area contributed by atoms with Gasteiger partial charge in [0.2, 0.25) is 0 Å². The van der Waals surface area contributed by atoms with Crippen LogP contribution in [0.25, 0.3) is 11.3 Å². The molecule has 28 heavy (non-hydrogen) atoms. The maximum Gasteiger partial charge on any atom is 0.573 e. The Morgan fingerprint density at radius 1 is 1.14 bits per heavy atom. The number of nitrogens with one attached hydrogen (secondary N) is 1. The third kappa shape index (κ3) is 3.32. The molecule has 1 aromatic carbocycles. The van der Waals surface area contributed by atoms with Gasteiger partial charge in [-0.2, -0.15) is 9.61 Å². The van der Waals surface area contributed by atoms with Crippen LogP contribution in [-0.4, -0.2) is 35.7 Å². The number of anilines is 4. The van der Waals surface area contributed by atoms with Gasteiger partial charge in [0.15, 0.2) is 17.2 Å². The Kier molecular flexibility index (Phi) is 3.91. The molecule has 3 heterocycles. The summed E-state index contributed by atoms with van der Waals surface area (Å²) in [5.41, 5.74) is 12.7. The van der Waals surface area contributed by atoms with Crippen molar-refractivity contribution in [3.8, 4) is 11.4 Å². The maximum atomic E-state index is 12.8. The van der Waals surface area contributed by atoms with Crippen LogP contribution in [0.5, 0.6) is 5.75 Å². The fourth-order valence-corrected chi connectivity index (χ4v) is 2.52. The third-order valence-corrected chi connectivity index (χ3v) is 3.66. The van der Waals surface area contributed by atoms with E-state index >= 15 is 0 Å². The van der Waals surface area contributed by atoms with E-state index in [1.54, 1.807) is 0 Å². The average Bonchev–Trinajstić information content (AvgIpc) is 3.26. The number of hydrogen-bond donors (Lipinski definition) is 3. The van der Waals surface area contributed by atoms with Crippen molar-refractivity contribution >= 4 is 28.7 Å². The second kappa shape index (κ2) is 6.29. The first-order valence-electron chi connectivity index (χ1n) is 7.72. The lowest BCUT2D eigenvalue weighted by Gasteiger charge is -2.16. The normalized spacial score (nSPS) is 11.7. The molecule has 0 fully saturated rings. The lowest BCUT2D eigenvalue weighted by Crippen LogP contribution is -2.18. The van der Waals surface area contributed by atoms with Crippen molar-refractivity contribution < 1.29 is 17.9 Å². The van der Waals surface area contributed by atoms with Crippen LogP contribution in [0.3, 0.4) is 0 Å². The first-order valence-corrected chi connectivity index (χ1v) is 7.72. The Balaban J connectivity index is 1.78. The number of benzene rings is 1. The van der Waals surface area contributed by atoms with Crippen LogP contribution >= 0.6 is 0 Å². The first-order chi connectivity index (χ1) is 13.3. The zero-order chi connectivity index (χ0) is 19.9. The quantitative estimate of drug-likeness (QED) is 0.482. The fourth-order valence-electron chi connectivity index (χ4n) is 2.52. The van der Waals surface area contributed by atoms with Gasteiger partial charge in [0.05, 0.1) is 23.3 Å². The minimum Gasteiger partial charge on any atom is -0.404 e. The molecular formula is C15H12F3N9O. The van der Waals surface area contributed by atoms with Gasteiger partial charge in [-0.25, -0.2) is 14.6 Å². The summed E-state index contributed by atoms with van der Waals surface area (Å²) < 4.78 is 45.1. The molecule has 5 N–H and O–H groups in total. The maximum absolute atomic E-state index is 12.8. The molecule has 0 unspecified atom stereocenters. The van der Waals surface area contributed by atoms with Crippen molar-refractivity contribution in [1.29, 1.82) is 0 Å². The summed E-state index contributed by atoms with van der Waals surface area (Å²) in [6.07, 6.45) is -0.814. The number of rotatable bonds is 4. The molecule has 0 aliphatic heterocycles. The number of nitrogens with zero attached hydrogens (tertiary/aromatic N) is 6. The Labute approximate surface area is 154 Å². The van der Waals surface area contributed by atoms with E-state index in [1.807, 2.05) is 0 Å². The molecule has 0 radical (unpaired) electrons. The van der Waals surface area contributed by atoms with E-state index in [0.717, 1.165) is 6.07 Å². The monoisotopic (exact) mass is 391 g/mol. The molecule has 4 aromatic rings. The number of nitrogen functional groups attached to an aromatic ring is 2. The van der Waals surface area contributed by atoms with Crippen molar-refractivity contribution in [3.63, 3.8) is 0 Å². The van der Waals surface area contributed by atoms with Crippen LogP contribution in [0.4, 0.5) is 36.2 Å². The van der Waals surface area contributed by atoms with Crippen molar-refractivity contribution in [2.45, 2.75) is 6.36 Å². The highest BCUT2D eigenvalue weighted by Gasteiger charge is 2.32. The summed E-state index contributed by atoms with van der Waals surface area (Å²) in [5, 5.41) is 10.9. The van der Waals surface area contributed by atoms with E-state index in [1.165, 1.54) is 46.2 Å². The number of halogens is 3. The first kappa shape index (κ1) is 17.4. The van der Waals surface area contributed by atoms with Gasteiger partial charge in [0, 0.05) is 6.07 Å². The summed E-state index contributed by atoms with van der Waals surface area (Å²) in [7, 11) is 0. The SMILES string of the molecule is Nc1cc(Nc2cc(-n3cncn3)ccc2OC(F)(F)F)nn2c(N)cnc12. The van der Waals surface area contributed by atoms with E-state index in [-0.39, 0.29) is 23.0 Å². The Morgan fingerprint density at radius 2 is 1.96 bits per heavy atom. The topological polar surface area (TPSA) is 134 Å². The van der Waals surface area contributed by atoms with Crippen molar-refractivity contribution in [2.75, 3.05) is 16.8 Å². The van der Waals surface area contributed by atoms with E-state index in [0.29, 0.717) is 11.3 Å². The van der Waals surface area contributed by atoms with Crippen LogP contribution in [0, 0.1) is 0 Å². The van der Waals surface area contributed by atoms with Gasteiger partial charge in [-0.15, -0.1) is 18.3 Å². The van der Waals surface area contributed by atoms with Gasteiger partial charge in [0.1, 0.15) is 18.5 Å². The second-order valence-corrected chi connectivity index (χ2v) is 5.60. The summed E-state index contributed by atoms with van der Waals surface area (Å²) in [6, 6.07) is 5.37. The number of nitrogens with two attached hydrogens (primary N) is 2. The van der Waals surface area contributed by atoms with E-state index < -0.39 is 12.1 Å². The predicted octanol–water partition coefficient (Wildman–Crippen LogP) is 2.12. The van der Waals surface area contributed by atoms with Crippen LogP contribution in [0.1, 0.15) is 0 Å². The summed E-state index contributed by atoms with van der Waals surface area (Å²) >= 11 is 0. The molecule has 3 aromatic heterocycles. The lowest BCUT2D eigenvalue weighted by molar-refractivity contribution is -0.274. The van der Waals surface area contributed by atoms with Gasteiger partial charge < -0.3 is 21.5 Å². The Hall–Kier alpha value is -4.03. The van der Waals surface area contributed by atoms with Crippen molar-refractivity contribution in [2.24, 2.45) is 0 Å². The molecule has 13 heteroatoms. The minimum absolute atomic E-state index is 0.0183. The summed E-state index contributed by atoms with van der Waals surface area (Å²) in [4.78, 5) is 7.82. The highest BCUT2D eigenvalue weighted by atomic mass is 19.4. The smallest absolute Gasteiger partial charge is 0.404 e. The van der Waals surface area contributed by atoms with E-state index in [2.05, 4.69) is 30.2 Å². The van der Waals surface area contributed by atoms with Crippen LogP contribution in [0.15, 0.2) is 43.1 Å². The average molecular weight is 391 g/mol. The number of fused-ring (bicyclic) bond motifs is 1. The van der Waals surface area contributed by atoms with Crippen molar-refractivity contribution in [3.05, 3.63) is 43.1 Å². The van der Waals surface area contributed by atoms with Gasteiger partial charge >= 0.3 is 6.36 Å². The largest absolute Gasteiger partial charge is 0.573 e. The minimum atomic E-state index is -4.88. The predicted molar refractivity (Wildman–Crippen MR) is 93.1 cm³/mol. The number of ether oxygens (including phenoxy) is 1. The zero-order valence-corrected chi connectivity index (χ0v) is 13.9. The van der Waals surface area contributed by atoms with Gasteiger partial charge in [-0.1, -0.05) is 0 Å². The van der Waals surface area contributed by atoms with E-state index in [9.17, 15) is 13.2 Å². The molecule has 10 nitrogen and oxygen atoms in total. The third-order valence-electron chi connectivity index (χ3n) is 3.66. The highest BCUT2D eigenvalue weighted by Crippen LogP contribution is 2.34. The van der Waals surface area contributed by atoms with Crippen LogP contribution < -0.4 is 21.5 Å². The molecule has 0 amide bonds. The van der Waals surface area contributed by atoms with E-state index in [4.69, 9.17) is 11.5 Å². The molecule has 0 saturated carbocycles. The second-order valence-electron chi connectivity index (χ2n) is 5.60. The molecular weight excluding hydrogens is 379 g/mol. The molecule has 0 spiro atoms. The summed E-state index contributed by atoms with van der Waals surface area (Å²) in [6.45, 7) is 0. The number of alkyl halides is 3. The number of aromatic nitrogens is 6. The molecule has 0 atom stereocenters. The molecule has 4 rings (SSSR count). The Morgan fingerprint density at radius 3 is 2.68 bits per heavy atom. The lowest BCUT2D eigenvalue weighted by atomic mass is 10.2. The van der Waals surface area contributed by atoms with Crippen LogP contribution in [0.2, 0.25) is 0 Å². The zero-order valence-electron chi connectivity index (χ0n) is 13.9. The summed E-state index contributed by atoms with van der Waals surface area (Å²) in [5.74, 6) is -0.110. The highest BCUT2D eigenvalue weighted by molar-refractivity contribution is 5.73. The van der Waals surface area contributed by atoms with Crippen LogP contribution in [-0.2, 0) is 0 Å². The standard InChI is InChI=1S/C15H12F3N9O/c16-15(17,18)28-11-2-1-8(26-7-21-6-23-26)3-10(11)24-13-4-9(19)14-22-5-12(20)27(14)25-13/h1-7H,19-20H2,(H,24,25). The fraction of sp³-hybridized carbons (Fsp3) is 0.0667. The molecule has 144 valence electrons. The van der Waals surface area contributed by atoms with Gasteiger partial charge in [-0.3, -0.25) is 0 Å². The van der Waals surface area contributed by atoms with Gasteiger partial charge in [0.25, 0.3) is 0 Å². The molecule has 0 aliphatic rings. The van der Waals surface area contributed by atoms with Crippen molar-refractivity contribution in [1.82, 2.24) is 29.4 Å². The molecule has 0 aliphatic carbocycles. The number of imidazole rings is 1. The van der Waals surface area contributed by atoms with Gasteiger partial charge in [-0.05, 0) is 18.2 Å².